The molecule has 1 unspecified atom stereocenters. The Morgan fingerprint density at radius 1 is 1.27 bits per heavy atom. The molecule has 3 aromatic rings. The number of anilines is 2. The Kier molecular flexibility index (Phi) is 4.21. The molecule has 0 aliphatic carbocycles. The quantitative estimate of drug-likeness (QED) is 0.761. The van der Waals surface area contributed by atoms with Crippen molar-refractivity contribution in [1.29, 1.82) is 0 Å². The van der Waals surface area contributed by atoms with Gasteiger partial charge >= 0.3 is 6.01 Å². The van der Waals surface area contributed by atoms with E-state index in [2.05, 4.69) is 15.5 Å². The van der Waals surface area contributed by atoms with Gasteiger partial charge in [-0.05, 0) is 35.7 Å². The molecule has 1 atom stereocenters. The zero-order chi connectivity index (χ0) is 18.1. The van der Waals surface area contributed by atoms with Gasteiger partial charge in [-0.15, -0.1) is 16.4 Å². The highest BCUT2D eigenvalue weighted by Gasteiger charge is 2.35. The van der Waals surface area contributed by atoms with Crippen molar-refractivity contribution < 1.29 is 18.4 Å². The van der Waals surface area contributed by atoms with E-state index in [-0.39, 0.29) is 36.6 Å². The van der Waals surface area contributed by atoms with Gasteiger partial charge in [0.2, 0.25) is 11.8 Å². The smallest absolute Gasteiger partial charge is 0.322 e. The highest BCUT2D eigenvalue weighted by molar-refractivity contribution is 7.13. The summed E-state index contributed by atoms with van der Waals surface area (Å²) < 4.78 is 18.5. The van der Waals surface area contributed by atoms with Crippen LogP contribution in [-0.2, 0) is 9.59 Å². The molecule has 1 fully saturated rings. The Bertz CT molecular complexity index is 939. The van der Waals surface area contributed by atoms with E-state index in [0.717, 1.165) is 4.88 Å². The molecule has 7 nitrogen and oxygen atoms in total. The second-order valence-corrected chi connectivity index (χ2v) is 6.71. The lowest BCUT2D eigenvalue weighted by Crippen LogP contribution is -2.28. The standard InChI is InChI=1S/C17H13FN4O3S/c18-11-3-5-12(6-4-11)22-9-10(8-14(22)23)15(24)19-17-21-20-16(25-17)13-2-1-7-26-13/h1-7,10H,8-9H2,(H,19,21,24). The van der Waals surface area contributed by atoms with Crippen LogP contribution in [0.4, 0.5) is 16.1 Å². The van der Waals surface area contributed by atoms with Crippen LogP contribution in [0.15, 0.2) is 46.2 Å². The van der Waals surface area contributed by atoms with Gasteiger partial charge in [0.25, 0.3) is 5.89 Å². The van der Waals surface area contributed by atoms with Crippen molar-refractivity contribution in [2.24, 2.45) is 5.92 Å². The molecule has 1 aromatic carbocycles. The third-order valence-corrected chi connectivity index (χ3v) is 4.88. The van der Waals surface area contributed by atoms with Crippen LogP contribution in [-0.4, -0.2) is 28.6 Å². The SMILES string of the molecule is O=C(Nc1nnc(-c2cccs2)o1)C1CC(=O)N(c2ccc(F)cc2)C1. The molecule has 132 valence electrons. The van der Waals surface area contributed by atoms with E-state index >= 15 is 0 Å². The largest absolute Gasteiger partial charge is 0.402 e. The number of benzene rings is 1. The molecule has 1 saturated heterocycles. The molecular formula is C17H13FN4O3S. The van der Waals surface area contributed by atoms with Gasteiger partial charge in [-0.2, -0.15) is 0 Å². The maximum Gasteiger partial charge on any atom is 0.322 e. The third-order valence-electron chi connectivity index (χ3n) is 4.02. The van der Waals surface area contributed by atoms with Gasteiger partial charge in [0.05, 0.1) is 10.8 Å². The number of amides is 2. The summed E-state index contributed by atoms with van der Waals surface area (Å²) in [5.41, 5.74) is 0.560. The van der Waals surface area contributed by atoms with Crippen molar-refractivity contribution in [2.75, 3.05) is 16.8 Å². The number of thiophene rings is 1. The summed E-state index contributed by atoms with van der Waals surface area (Å²) in [6.45, 7) is 0.211. The molecule has 2 aromatic heterocycles. The van der Waals surface area contributed by atoms with Crippen LogP contribution in [0.25, 0.3) is 10.8 Å². The van der Waals surface area contributed by atoms with Crippen LogP contribution in [0.2, 0.25) is 0 Å². The molecule has 26 heavy (non-hydrogen) atoms. The van der Waals surface area contributed by atoms with Crippen LogP contribution in [0.5, 0.6) is 0 Å². The van der Waals surface area contributed by atoms with E-state index in [1.807, 2.05) is 17.5 Å². The average Bonchev–Trinajstić information content (AvgIpc) is 3.36. The van der Waals surface area contributed by atoms with Crippen molar-refractivity contribution in [3.63, 3.8) is 0 Å². The van der Waals surface area contributed by atoms with Gasteiger partial charge in [0.1, 0.15) is 5.82 Å². The summed E-state index contributed by atoms with van der Waals surface area (Å²) in [4.78, 5) is 26.9. The molecule has 0 spiro atoms. The molecule has 1 N–H and O–H groups in total. The lowest BCUT2D eigenvalue weighted by Gasteiger charge is -2.16. The summed E-state index contributed by atoms with van der Waals surface area (Å²) in [6.07, 6.45) is 0.0646. The second kappa shape index (κ2) is 6.68. The fourth-order valence-electron chi connectivity index (χ4n) is 2.73. The maximum atomic E-state index is 13.0. The lowest BCUT2D eigenvalue weighted by atomic mass is 10.1. The zero-order valence-corrected chi connectivity index (χ0v) is 14.2. The monoisotopic (exact) mass is 372 g/mol. The van der Waals surface area contributed by atoms with Gasteiger partial charge in [-0.25, -0.2) is 4.39 Å². The number of rotatable bonds is 4. The molecule has 4 rings (SSSR count). The highest BCUT2D eigenvalue weighted by atomic mass is 32.1. The predicted molar refractivity (Wildman–Crippen MR) is 93.1 cm³/mol. The number of carbonyl (C=O) groups excluding carboxylic acids is 2. The minimum absolute atomic E-state index is 0.00826. The van der Waals surface area contributed by atoms with Crippen molar-refractivity contribution >= 4 is 34.9 Å². The van der Waals surface area contributed by atoms with Crippen LogP contribution in [0.1, 0.15) is 6.42 Å². The van der Waals surface area contributed by atoms with Crippen LogP contribution in [0.3, 0.4) is 0 Å². The number of hydrogen-bond donors (Lipinski definition) is 1. The zero-order valence-electron chi connectivity index (χ0n) is 13.4. The number of aromatic nitrogens is 2. The number of halogens is 1. The predicted octanol–water partition coefficient (Wildman–Crippen LogP) is 2.93. The summed E-state index contributed by atoms with van der Waals surface area (Å²) in [6, 6.07) is 9.26. The Hall–Kier alpha value is -3.07. The highest BCUT2D eigenvalue weighted by Crippen LogP contribution is 2.27. The lowest BCUT2D eigenvalue weighted by molar-refractivity contribution is -0.122. The Morgan fingerprint density at radius 2 is 2.08 bits per heavy atom. The maximum absolute atomic E-state index is 13.0. The Labute approximate surface area is 151 Å². The summed E-state index contributed by atoms with van der Waals surface area (Å²) in [5, 5.41) is 12.1. The van der Waals surface area contributed by atoms with Gasteiger partial charge < -0.3 is 9.32 Å². The first-order valence-corrected chi connectivity index (χ1v) is 8.72. The molecule has 1 aliphatic rings. The van der Waals surface area contributed by atoms with Gasteiger partial charge in [0, 0.05) is 18.7 Å². The van der Waals surface area contributed by atoms with E-state index in [1.54, 1.807) is 0 Å². The van der Waals surface area contributed by atoms with Gasteiger partial charge in [0.15, 0.2) is 0 Å². The second-order valence-electron chi connectivity index (χ2n) is 5.76. The minimum Gasteiger partial charge on any atom is -0.402 e. The van der Waals surface area contributed by atoms with Crippen molar-refractivity contribution in [3.8, 4) is 10.8 Å². The molecule has 2 amide bonds. The molecular weight excluding hydrogens is 359 g/mol. The summed E-state index contributed by atoms with van der Waals surface area (Å²) in [5.74, 6) is -1.17. The first kappa shape index (κ1) is 16.4. The van der Waals surface area contributed by atoms with E-state index < -0.39 is 5.92 Å². The van der Waals surface area contributed by atoms with Crippen molar-refractivity contribution in [1.82, 2.24) is 10.2 Å². The van der Waals surface area contributed by atoms with E-state index in [9.17, 15) is 14.0 Å². The van der Waals surface area contributed by atoms with Crippen LogP contribution < -0.4 is 10.2 Å². The number of carbonyl (C=O) groups is 2. The number of hydrogen-bond acceptors (Lipinski definition) is 6. The molecule has 0 saturated carbocycles. The van der Waals surface area contributed by atoms with Crippen LogP contribution in [0, 0.1) is 11.7 Å². The summed E-state index contributed by atoms with van der Waals surface area (Å²) in [7, 11) is 0. The number of nitrogens with one attached hydrogen (secondary N) is 1. The average molecular weight is 372 g/mol. The third kappa shape index (κ3) is 3.21. The fraction of sp³-hybridized carbons (Fsp3) is 0.176. The minimum atomic E-state index is -0.551. The Balaban J connectivity index is 1.43. The fourth-order valence-corrected chi connectivity index (χ4v) is 3.38. The first-order chi connectivity index (χ1) is 12.6. The first-order valence-electron chi connectivity index (χ1n) is 7.84. The summed E-state index contributed by atoms with van der Waals surface area (Å²) >= 11 is 1.45. The van der Waals surface area contributed by atoms with Crippen molar-refractivity contribution in [3.05, 3.63) is 47.6 Å². The Morgan fingerprint density at radius 3 is 2.81 bits per heavy atom. The topological polar surface area (TPSA) is 88.3 Å². The molecule has 9 heteroatoms. The van der Waals surface area contributed by atoms with E-state index in [0.29, 0.717) is 11.6 Å². The van der Waals surface area contributed by atoms with Crippen molar-refractivity contribution in [2.45, 2.75) is 6.42 Å². The molecule has 1 aliphatic heterocycles. The number of nitrogens with zero attached hydrogens (tertiary/aromatic N) is 3. The van der Waals surface area contributed by atoms with Crippen LogP contribution >= 0.6 is 11.3 Å². The van der Waals surface area contributed by atoms with Gasteiger partial charge in [-0.1, -0.05) is 11.2 Å². The van der Waals surface area contributed by atoms with Gasteiger partial charge in [-0.3, -0.25) is 14.9 Å². The molecule has 3 heterocycles. The molecule has 0 radical (unpaired) electrons. The van der Waals surface area contributed by atoms with E-state index in [4.69, 9.17) is 4.42 Å². The normalized spacial score (nSPS) is 16.9. The molecule has 0 bridgehead atoms. The van der Waals surface area contributed by atoms with E-state index in [1.165, 1.54) is 40.5 Å².